The van der Waals surface area contributed by atoms with E-state index >= 15 is 0 Å². The maximum Gasteiger partial charge on any atom is 0.246 e. The Labute approximate surface area is 100 Å². The first kappa shape index (κ1) is 11.8. The van der Waals surface area contributed by atoms with Crippen LogP contribution in [-0.4, -0.2) is 34.0 Å². The van der Waals surface area contributed by atoms with E-state index in [2.05, 4.69) is 10.1 Å². The molecule has 0 aromatic carbocycles. The van der Waals surface area contributed by atoms with Crippen LogP contribution in [-0.2, 0) is 11.2 Å². The quantitative estimate of drug-likeness (QED) is 0.743. The molecule has 17 heavy (non-hydrogen) atoms. The highest BCUT2D eigenvalue weighted by Gasteiger charge is 2.22. The van der Waals surface area contributed by atoms with Gasteiger partial charge in [-0.3, -0.25) is 4.79 Å². The van der Waals surface area contributed by atoms with Gasteiger partial charge in [-0.15, -0.1) is 0 Å². The molecule has 1 aliphatic rings. The van der Waals surface area contributed by atoms with Crippen molar-refractivity contribution in [2.75, 3.05) is 13.1 Å². The molecule has 2 heterocycles. The molecular weight excluding hydrogens is 218 g/mol. The Morgan fingerprint density at radius 2 is 2.35 bits per heavy atom. The molecular formula is C12H17N3O2. The van der Waals surface area contributed by atoms with Crippen LogP contribution in [0.25, 0.3) is 0 Å². The number of piperidine rings is 1. The summed E-state index contributed by atoms with van der Waals surface area (Å²) in [6, 6.07) is 0. The number of rotatable bonds is 3. The number of nitrogens with zero attached hydrogens (tertiary/aromatic N) is 3. The van der Waals surface area contributed by atoms with E-state index in [9.17, 15) is 4.79 Å². The summed E-state index contributed by atoms with van der Waals surface area (Å²) in [5.41, 5.74) is 0. The van der Waals surface area contributed by atoms with Crippen LogP contribution in [0.5, 0.6) is 0 Å². The zero-order valence-electron chi connectivity index (χ0n) is 10.0. The van der Waals surface area contributed by atoms with Gasteiger partial charge in [0.1, 0.15) is 0 Å². The predicted molar refractivity (Wildman–Crippen MR) is 62.1 cm³/mol. The summed E-state index contributed by atoms with van der Waals surface area (Å²) in [7, 11) is 0. The van der Waals surface area contributed by atoms with Gasteiger partial charge in [0, 0.05) is 19.5 Å². The lowest BCUT2D eigenvalue weighted by Gasteiger charge is -2.30. The van der Waals surface area contributed by atoms with Gasteiger partial charge in [-0.25, -0.2) is 0 Å². The van der Waals surface area contributed by atoms with E-state index < -0.39 is 0 Å². The molecule has 0 spiro atoms. The SMILES string of the molecule is C/C=C/C(=O)N1CCC(Cc2ncon2)CC1. The molecule has 2 rings (SSSR count). The normalized spacial score (nSPS) is 17.8. The van der Waals surface area contributed by atoms with Gasteiger partial charge in [0.05, 0.1) is 0 Å². The second kappa shape index (κ2) is 5.61. The zero-order valence-corrected chi connectivity index (χ0v) is 10.0. The number of hydrogen-bond acceptors (Lipinski definition) is 4. The Morgan fingerprint density at radius 1 is 1.59 bits per heavy atom. The smallest absolute Gasteiger partial charge is 0.246 e. The molecule has 0 atom stereocenters. The minimum absolute atomic E-state index is 0.116. The van der Waals surface area contributed by atoms with Gasteiger partial charge in [0.25, 0.3) is 0 Å². The fourth-order valence-electron chi connectivity index (χ4n) is 2.15. The highest BCUT2D eigenvalue weighted by Crippen LogP contribution is 2.20. The van der Waals surface area contributed by atoms with E-state index in [4.69, 9.17) is 4.52 Å². The van der Waals surface area contributed by atoms with Gasteiger partial charge >= 0.3 is 0 Å². The van der Waals surface area contributed by atoms with E-state index in [0.717, 1.165) is 38.2 Å². The molecule has 0 saturated carbocycles. The van der Waals surface area contributed by atoms with Gasteiger partial charge in [-0.2, -0.15) is 4.98 Å². The number of likely N-dealkylation sites (tertiary alicyclic amines) is 1. The largest absolute Gasteiger partial charge is 0.343 e. The standard InChI is InChI=1S/C12H17N3O2/c1-2-3-12(16)15-6-4-10(5-7-15)8-11-13-9-17-14-11/h2-3,9-10H,4-8H2,1H3/b3-2+. The van der Waals surface area contributed by atoms with Crippen molar-refractivity contribution in [3.8, 4) is 0 Å². The lowest BCUT2D eigenvalue weighted by atomic mass is 9.93. The first-order valence-electron chi connectivity index (χ1n) is 5.96. The van der Waals surface area contributed by atoms with Crippen LogP contribution in [0, 0.1) is 5.92 Å². The van der Waals surface area contributed by atoms with E-state index in [1.807, 2.05) is 11.8 Å². The molecule has 5 nitrogen and oxygen atoms in total. The van der Waals surface area contributed by atoms with Crippen LogP contribution >= 0.6 is 0 Å². The van der Waals surface area contributed by atoms with Crippen LogP contribution in [0.3, 0.4) is 0 Å². The van der Waals surface area contributed by atoms with Crippen LogP contribution < -0.4 is 0 Å². The number of allylic oxidation sites excluding steroid dienone is 1. The summed E-state index contributed by atoms with van der Waals surface area (Å²) in [6.45, 7) is 3.51. The second-order valence-corrected chi connectivity index (χ2v) is 4.32. The van der Waals surface area contributed by atoms with E-state index in [0.29, 0.717) is 5.92 Å². The highest BCUT2D eigenvalue weighted by molar-refractivity contribution is 5.87. The Balaban J connectivity index is 1.80. The van der Waals surface area contributed by atoms with Gasteiger partial charge in [0.2, 0.25) is 12.3 Å². The lowest BCUT2D eigenvalue weighted by molar-refractivity contribution is -0.127. The third kappa shape index (κ3) is 3.15. The zero-order chi connectivity index (χ0) is 12.1. The van der Waals surface area contributed by atoms with E-state index in [1.165, 1.54) is 6.39 Å². The Bertz CT molecular complexity index is 378. The average Bonchev–Trinajstić information content (AvgIpc) is 2.83. The van der Waals surface area contributed by atoms with Crippen molar-refractivity contribution in [1.82, 2.24) is 15.0 Å². The Morgan fingerprint density at radius 3 is 2.94 bits per heavy atom. The van der Waals surface area contributed by atoms with Crippen molar-refractivity contribution < 1.29 is 9.32 Å². The van der Waals surface area contributed by atoms with Crippen LogP contribution in [0.1, 0.15) is 25.6 Å². The monoisotopic (exact) mass is 235 g/mol. The van der Waals surface area contributed by atoms with Crippen molar-refractivity contribution in [2.45, 2.75) is 26.2 Å². The number of carbonyl (C=O) groups is 1. The molecule has 0 unspecified atom stereocenters. The number of carbonyl (C=O) groups excluding carboxylic acids is 1. The molecule has 0 bridgehead atoms. The molecule has 5 heteroatoms. The predicted octanol–water partition coefficient (Wildman–Crippen LogP) is 1.43. The fraction of sp³-hybridized carbons (Fsp3) is 0.583. The fourth-order valence-corrected chi connectivity index (χ4v) is 2.15. The molecule has 0 aliphatic carbocycles. The maximum absolute atomic E-state index is 11.6. The summed E-state index contributed by atoms with van der Waals surface area (Å²) in [5.74, 6) is 1.44. The molecule has 0 N–H and O–H groups in total. The Hall–Kier alpha value is -1.65. The number of amides is 1. The molecule has 1 aromatic rings. The van der Waals surface area contributed by atoms with Crippen molar-refractivity contribution in [3.05, 3.63) is 24.4 Å². The Kier molecular flexibility index (Phi) is 3.90. The number of hydrogen-bond donors (Lipinski definition) is 0. The number of aromatic nitrogens is 2. The lowest BCUT2D eigenvalue weighted by Crippen LogP contribution is -2.38. The van der Waals surface area contributed by atoms with Crippen molar-refractivity contribution in [3.63, 3.8) is 0 Å². The maximum atomic E-state index is 11.6. The molecule has 1 amide bonds. The average molecular weight is 235 g/mol. The first-order chi connectivity index (χ1) is 8.29. The molecule has 92 valence electrons. The van der Waals surface area contributed by atoms with Crippen LogP contribution in [0.15, 0.2) is 23.1 Å². The van der Waals surface area contributed by atoms with Crippen molar-refractivity contribution in [2.24, 2.45) is 5.92 Å². The second-order valence-electron chi connectivity index (χ2n) is 4.32. The molecule has 0 radical (unpaired) electrons. The van der Waals surface area contributed by atoms with E-state index in [1.54, 1.807) is 12.2 Å². The summed E-state index contributed by atoms with van der Waals surface area (Å²) in [6.07, 6.45) is 7.64. The summed E-state index contributed by atoms with van der Waals surface area (Å²) >= 11 is 0. The summed E-state index contributed by atoms with van der Waals surface area (Å²) in [4.78, 5) is 17.5. The molecule has 1 aromatic heterocycles. The topological polar surface area (TPSA) is 59.2 Å². The molecule has 1 aliphatic heterocycles. The van der Waals surface area contributed by atoms with Gasteiger partial charge in [-0.05, 0) is 31.8 Å². The third-order valence-electron chi connectivity index (χ3n) is 3.11. The van der Waals surface area contributed by atoms with E-state index in [-0.39, 0.29) is 5.91 Å². The van der Waals surface area contributed by atoms with Gasteiger partial charge in [-0.1, -0.05) is 11.2 Å². The van der Waals surface area contributed by atoms with Crippen LogP contribution in [0.2, 0.25) is 0 Å². The van der Waals surface area contributed by atoms with Crippen LogP contribution in [0.4, 0.5) is 0 Å². The van der Waals surface area contributed by atoms with Gasteiger partial charge in [0.15, 0.2) is 5.82 Å². The highest BCUT2D eigenvalue weighted by atomic mass is 16.5. The van der Waals surface area contributed by atoms with Crippen molar-refractivity contribution in [1.29, 1.82) is 0 Å². The molecule has 1 saturated heterocycles. The van der Waals surface area contributed by atoms with Crippen molar-refractivity contribution >= 4 is 5.91 Å². The van der Waals surface area contributed by atoms with Gasteiger partial charge < -0.3 is 9.42 Å². The molecule has 1 fully saturated rings. The minimum atomic E-state index is 0.116. The third-order valence-corrected chi connectivity index (χ3v) is 3.11. The summed E-state index contributed by atoms with van der Waals surface area (Å²) in [5, 5.41) is 3.82. The summed E-state index contributed by atoms with van der Waals surface area (Å²) < 4.78 is 4.71. The first-order valence-corrected chi connectivity index (χ1v) is 5.96. The minimum Gasteiger partial charge on any atom is -0.343 e.